The number of nitrogens with zero attached hydrogens (tertiary/aromatic N) is 2. The Morgan fingerprint density at radius 2 is 2.12 bits per heavy atom. The van der Waals surface area contributed by atoms with Gasteiger partial charge in [0.2, 0.25) is 0 Å². The minimum atomic E-state index is -0.310. The van der Waals surface area contributed by atoms with Crippen LogP contribution in [0.25, 0.3) is 0 Å². The van der Waals surface area contributed by atoms with Crippen LogP contribution in [-0.4, -0.2) is 31.7 Å². The third-order valence-corrected chi connectivity index (χ3v) is 3.30. The molecule has 0 fully saturated rings. The predicted molar refractivity (Wildman–Crippen MR) is 66.4 cm³/mol. The SMILES string of the molecule is CCCc1sc(N(C)C)nc1C(=O)OCC. The van der Waals surface area contributed by atoms with Crippen LogP contribution in [0.15, 0.2) is 0 Å². The van der Waals surface area contributed by atoms with Crippen molar-refractivity contribution in [1.82, 2.24) is 4.98 Å². The number of ether oxygens (including phenoxy) is 1. The Bertz CT molecular complexity index is 361. The second kappa shape index (κ2) is 5.84. The molecule has 1 rings (SSSR count). The molecule has 4 nitrogen and oxygen atoms in total. The molecule has 0 amide bonds. The van der Waals surface area contributed by atoms with Crippen molar-refractivity contribution in [2.45, 2.75) is 26.7 Å². The highest BCUT2D eigenvalue weighted by Gasteiger charge is 2.19. The maximum Gasteiger partial charge on any atom is 0.358 e. The van der Waals surface area contributed by atoms with E-state index in [1.165, 1.54) is 0 Å². The zero-order chi connectivity index (χ0) is 12.1. The Hall–Kier alpha value is -1.10. The van der Waals surface area contributed by atoms with Gasteiger partial charge in [-0.25, -0.2) is 9.78 Å². The van der Waals surface area contributed by atoms with Gasteiger partial charge in [-0.15, -0.1) is 11.3 Å². The first-order chi connectivity index (χ1) is 7.60. The standard InChI is InChI=1S/C11H18N2O2S/c1-5-7-8-9(10(14)15-6-2)12-11(16-8)13(3)4/h5-7H2,1-4H3. The summed E-state index contributed by atoms with van der Waals surface area (Å²) in [5.41, 5.74) is 0.484. The van der Waals surface area contributed by atoms with Crippen molar-refractivity contribution < 1.29 is 9.53 Å². The summed E-state index contributed by atoms with van der Waals surface area (Å²) < 4.78 is 4.99. The Labute approximate surface area is 100 Å². The Kier molecular flexibility index (Phi) is 4.73. The molecule has 16 heavy (non-hydrogen) atoms. The van der Waals surface area contributed by atoms with Gasteiger partial charge in [0.1, 0.15) is 0 Å². The molecule has 0 aromatic carbocycles. The van der Waals surface area contributed by atoms with Crippen molar-refractivity contribution in [2.24, 2.45) is 0 Å². The van der Waals surface area contributed by atoms with E-state index < -0.39 is 0 Å². The fourth-order valence-corrected chi connectivity index (χ4v) is 2.36. The molecular formula is C11H18N2O2S. The number of carbonyl (C=O) groups is 1. The number of aryl methyl sites for hydroxylation is 1. The third-order valence-electron chi connectivity index (χ3n) is 2.01. The summed E-state index contributed by atoms with van der Waals surface area (Å²) in [5.74, 6) is -0.310. The number of hydrogen-bond donors (Lipinski definition) is 0. The molecule has 90 valence electrons. The van der Waals surface area contributed by atoms with Crippen molar-refractivity contribution in [2.75, 3.05) is 25.6 Å². The predicted octanol–water partition coefficient (Wildman–Crippen LogP) is 2.34. The van der Waals surface area contributed by atoms with Crippen LogP contribution in [0.1, 0.15) is 35.6 Å². The van der Waals surface area contributed by atoms with Gasteiger partial charge in [0.25, 0.3) is 0 Å². The molecule has 1 heterocycles. The van der Waals surface area contributed by atoms with E-state index in [9.17, 15) is 4.79 Å². The van der Waals surface area contributed by atoms with Gasteiger partial charge >= 0.3 is 5.97 Å². The largest absolute Gasteiger partial charge is 0.461 e. The molecule has 1 aromatic heterocycles. The highest BCUT2D eigenvalue weighted by Crippen LogP contribution is 2.26. The van der Waals surface area contributed by atoms with Gasteiger partial charge in [-0.05, 0) is 13.3 Å². The molecule has 0 atom stereocenters. The summed E-state index contributed by atoms with van der Waals surface area (Å²) in [5, 5.41) is 0.853. The first kappa shape index (κ1) is 13.0. The maximum atomic E-state index is 11.7. The Morgan fingerprint density at radius 3 is 2.62 bits per heavy atom. The molecule has 0 saturated carbocycles. The van der Waals surface area contributed by atoms with E-state index in [0.717, 1.165) is 22.9 Å². The lowest BCUT2D eigenvalue weighted by Gasteiger charge is -2.05. The lowest BCUT2D eigenvalue weighted by Crippen LogP contribution is -2.10. The lowest BCUT2D eigenvalue weighted by molar-refractivity contribution is 0.0519. The fraction of sp³-hybridized carbons (Fsp3) is 0.636. The van der Waals surface area contributed by atoms with E-state index in [4.69, 9.17) is 4.74 Å². The second-order valence-electron chi connectivity index (χ2n) is 3.63. The number of thiazole rings is 1. The van der Waals surface area contributed by atoms with Gasteiger partial charge in [0.05, 0.1) is 6.61 Å². The lowest BCUT2D eigenvalue weighted by atomic mass is 10.2. The average molecular weight is 242 g/mol. The molecule has 0 saturated heterocycles. The molecule has 0 N–H and O–H groups in total. The van der Waals surface area contributed by atoms with E-state index >= 15 is 0 Å². The number of carbonyl (C=O) groups excluding carboxylic acids is 1. The summed E-state index contributed by atoms with van der Waals surface area (Å²) >= 11 is 1.56. The van der Waals surface area contributed by atoms with Crippen molar-refractivity contribution in [3.05, 3.63) is 10.6 Å². The van der Waals surface area contributed by atoms with Crippen LogP contribution in [0.5, 0.6) is 0 Å². The topological polar surface area (TPSA) is 42.4 Å². The number of hydrogen-bond acceptors (Lipinski definition) is 5. The Balaban J connectivity index is 2.99. The van der Waals surface area contributed by atoms with Gasteiger partial charge in [-0.3, -0.25) is 0 Å². The quantitative estimate of drug-likeness (QED) is 0.743. The van der Waals surface area contributed by atoms with Crippen LogP contribution >= 0.6 is 11.3 Å². The maximum absolute atomic E-state index is 11.7. The summed E-state index contributed by atoms with van der Waals surface area (Å²) in [7, 11) is 3.84. The molecular weight excluding hydrogens is 224 g/mol. The average Bonchev–Trinajstić information content (AvgIpc) is 2.63. The van der Waals surface area contributed by atoms with Gasteiger partial charge in [0.15, 0.2) is 10.8 Å². The minimum Gasteiger partial charge on any atom is -0.461 e. The summed E-state index contributed by atoms with van der Waals surface area (Å²) in [6, 6.07) is 0. The molecule has 0 aliphatic carbocycles. The van der Waals surface area contributed by atoms with E-state index in [-0.39, 0.29) is 5.97 Å². The molecule has 0 bridgehead atoms. The number of esters is 1. The monoisotopic (exact) mass is 242 g/mol. The van der Waals surface area contributed by atoms with Crippen molar-refractivity contribution in [1.29, 1.82) is 0 Å². The Morgan fingerprint density at radius 1 is 1.44 bits per heavy atom. The van der Waals surface area contributed by atoms with Crippen molar-refractivity contribution >= 4 is 22.4 Å². The van der Waals surface area contributed by atoms with E-state index in [0.29, 0.717) is 12.3 Å². The summed E-state index contributed by atoms with van der Waals surface area (Å²) in [6.45, 7) is 4.28. The highest BCUT2D eigenvalue weighted by atomic mass is 32.1. The fourth-order valence-electron chi connectivity index (χ4n) is 1.29. The van der Waals surface area contributed by atoms with Crippen LogP contribution in [0.3, 0.4) is 0 Å². The molecule has 0 spiro atoms. The molecule has 0 aliphatic heterocycles. The van der Waals surface area contributed by atoms with Crippen molar-refractivity contribution in [3.63, 3.8) is 0 Å². The van der Waals surface area contributed by atoms with Crippen LogP contribution < -0.4 is 4.90 Å². The third kappa shape index (κ3) is 2.95. The van der Waals surface area contributed by atoms with Gasteiger partial charge in [0, 0.05) is 19.0 Å². The second-order valence-corrected chi connectivity index (χ2v) is 4.70. The molecule has 0 radical (unpaired) electrons. The van der Waals surface area contributed by atoms with Gasteiger partial charge < -0.3 is 9.64 Å². The minimum absolute atomic E-state index is 0.310. The molecule has 0 aliphatic rings. The zero-order valence-corrected chi connectivity index (χ0v) is 11.1. The number of aromatic nitrogens is 1. The normalized spacial score (nSPS) is 10.2. The summed E-state index contributed by atoms with van der Waals surface area (Å²) in [6.07, 6.45) is 1.88. The van der Waals surface area contributed by atoms with E-state index in [2.05, 4.69) is 11.9 Å². The van der Waals surface area contributed by atoms with E-state index in [1.54, 1.807) is 18.3 Å². The smallest absolute Gasteiger partial charge is 0.358 e. The number of rotatable bonds is 5. The van der Waals surface area contributed by atoms with Crippen molar-refractivity contribution in [3.8, 4) is 0 Å². The molecule has 5 heteroatoms. The van der Waals surface area contributed by atoms with Crippen LogP contribution in [0.2, 0.25) is 0 Å². The zero-order valence-electron chi connectivity index (χ0n) is 10.2. The highest BCUT2D eigenvalue weighted by molar-refractivity contribution is 7.15. The van der Waals surface area contributed by atoms with Crippen LogP contribution in [0, 0.1) is 0 Å². The van der Waals surface area contributed by atoms with Crippen LogP contribution in [0.4, 0.5) is 5.13 Å². The van der Waals surface area contributed by atoms with Gasteiger partial charge in [-0.1, -0.05) is 13.3 Å². The first-order valence-electron chi connectivity index (χ1n) is 5.44. The van der Waals surface area contributed by atoms with E-state index in [1.807, 2.05) is 19.0 Å². The van der Waals surface area contributed by atoms with Gasteiger partial charge in [-0.2, -0.15) is 0 Å². The molecule has 0 unspecified atom stereocenters. The molecule has 1 aromatic rings. The number of anilines is 1. The summed E-state index contributed by atoms with van der Waals surface area (Å²) in [4.78, 5) is 18.9. The van der Waals surface area contributed by atoms with Crippen LogP contribution in [-0.2, 0) is 11.2 Å². The first-order valence-corrected chi connectivity index (χ1v) is 6.25.